The maximum Gasteiger partial charge on any atom is 0.258 e. The molecule has 1 aromatic heterocycles. The van der Waals surface area contributed by atoms with Crippen LogP contribution in [0.15, 0.2) is 59.1 Å². The molecule has 1 heterocycles. The average Bonchev–Trinajstić information content (AvgIpc) is 3.07. The topological polar surface area (TPSA) is 48.2 Å². The molecular weight excluding hydrogens is 324 g/mol. The second-order valence-electron chi connectivity index (χ2n) is 5.26. The van der Waals surface area contributed by atoms with E-state index in [1.807, 2.05) is 62.4 Å². The Kier molecular flexibility index (Phi) is 4.96. The smallest absolute Gasteiger partial charge is 0.258 e. The minimum Gasteiger partial charge on any atom is -0.488 e. The fourth-order valence-electron chi connectivity index (χ4n) is 2.25. The van der Waals surface area contributed by atoms with Gasteiger partial charge in [-0.15, -0.1) is 0 Å². The predicted molar refractivity (Wildman–Crippen MR) is 95.2 cm³/mol. The highest BCUT2D eigenvalue weighted by atomic mass is 35.5. The first kappa shape index (κ1) is 16.3. The van der Waals surface area contributed by atoms with Gasteiger partial charge in [-0.05, 0) is 43.7 Å². The number of rotatable bonds is 5. The van der Waals surface area contributed by atoms with Crippen molar-refractivity contribution in [3.05, 3.63) is 65.2 Å². The van der Waals surface area contributed by atoms with Crippen molar-refractivity contribution in [3.63, 3.8) is 0 Å². The lowest BCUT2D eigenvalue weighted by Gasteiger charge is -2.06. The van der Waals surface area contributed by atoms with Gasteiger partial charge in [0.15, 0.2) is 0 Å². The van der Waals surface area contributed by atoms with Crippen LogP contribution in [0.1, 0.15) is 12.5 Å². The molecule has 3 aromatic rings. The van der Waals surface area contributed by atoms with Crippen LogP contribution in [0.2, 0.25) is 5.02 Å². The molecule has 2 aromatic carbocycles. The predicted octanol–water partition coefficient (Wildman–Crippen LogP) is 5.32. The van der Waals surface area contributed by atoms with Gasteiger partial charge in [0.05, 0.1) is 5.02 Å². The summed E-state index contributed by atoms with van der Waals surface area (Å²) in [5.74, 6) is 1.61. The molecule has 0 amide bonds. The molecule has 0 bridgehead atoms. The van der Waals surface area contributed by atoms with Crippen molar-refractivity contribution in [3.8, 4) is 28.6 Å². The van der Waals surface area contributed by atoms with E-state index in [1.54, 1.807) is 6.07 Å². The van der Waals surface area contributed by atoms with Crippen LogP contribution >= 0.6 is 11.6 Å². The van der Waals surface area contributed by atoms with Crippen LogP contribution in [0.5, 0.6) is 5.75 Å². The van der Waals surface area contributed by atoms with Crippen molar-refractivity contribution in [2.24, 2.45) is 0 Å². The van der Waals surface area contributed by atoms with Crippen molar-refractivity contribution in [2.45, 2.75) is 13.8 Å². The summed E-state index contributed by atoms with van der Waals surface area (Å²) in [4.78, 5) is 4.47. The molecule has 5 heteroatoms. The van der Waals surface area contributed by atoms with E-state index < -0.39 is 0 Å². The quantitative estimate of drug-likeness (QED) is 0.590. The van der Waals surface area contributed by atoms with Gasteiger partial charge >= 0.3 is 0 Å². The minimum absolute atomic E-state index is 0.481. The van der Waals surface area contributed by atoms with Gasteiger partial charge in [-0.25, -0.2) is 0 Å². The summed E-state index contributed by atoms with van der Waals surface area (Å²) in [6.07, 6.45) is 3.84. The monoisotopic (exact) mass is 340 g/mol. The van der Waals surface area contributed by atoms with Gasteiger partial charge < -0.3 is 9.26 Å². The van der Waals surface area contributed by atoms with Crippen LogP contribution in [-0.2, 0) is 0 Å². The number of allylic oxidation sites excluding steroid dienone is 1. The summed E-state index contributed by atoms with van der Waals surface area (Å²) in [6.45, 7) is 4.43. The molecule has 0 N–H and O–H groups in total. The van der Waals surface area contributed by atoms with Gasteiger partial charge in [0.2, 0.25) is 5.82 Å². The Morgan fingerprint density at radius 2 is 2.04 bits per heavy atom. The number of hydrogen-bond donors (Lipinski definition) is 0. The lowest BCUT2D eigenvalue weighted by atomic mass is 10.1. The van der Waals surface area contributed by atoms with Crippen LogP contribution in [0.3, 0.4) is 0 Å². The Morgan fingerprint density at radius 3 is 2.79 bits per heavy atom. The first-order valence-electron chi connectivity index (χ1n) is 7.62. The number of hydrogen-bond acceptors (Lipinski definition) is 4. The van der Waals surface area contributed by atoms with Gasteiger partial charge in [-0.2, -0.15) is 4.98 Å². The summed E-state index contributed by atoms with van der Waals surface area (Å²) in [6, 6.07) is 13.3. The second-order valence-corrected chi connectivity index (χ2v) is 5.67. The highest BCUT2D eigenvalue weighted by Gasteiger charge is 2.13. The lowest BCUT2D eigenvalue weighted by molar-refractivity contribution is 0.363. The van der Waals surface area contributed by atoms with Crippen molar-refractivity contribution in [1.29, 1.82) is 0 Å². The molecule has 0 aliphatic carbocycles. The molecular formula is C19H17ClN2O2. The fourth-order valence-corrected chi connectivity index (χ4v) is 2.49. The third-order valence-corrected chi connectivity index (χ3v) is 3.86. The fraction of sp³-hybridized carbons (Fsp3) is 0.158. The lowest BCUT2D eigenvalue weighted by Crippen LogP contribution is -1.94. The summed E-state index contributed by atoms with van der Waals surface area (Å²) < 4.78 is 11.0. The van der Waals surface area contributed by atoms with E-state index >= 15 is 0 Å². The maximum absolute atomic E-state index is 6.27. The van der Waals surface area contributed by atoms with Gasteiger partial charge in [0.25, 0.3) is 5.89 Å². The number of halogens is 1. The molecule has 0 atom stereocenters. The molecule has 0 saturated carbocycles. The van der Waals surface area contributed by atoms with Gasteiger partial charge in [-0.1, -0.05) is 47.1 Å². The van der Waals surface area contributed by atoms with Gasteiger partial charge in [0, 0.05) is 11.1 Å². The normalized spacial score (nSPS) is 11.1. The van der Waals surface area contributed by atoms with Crippen molar-refractivity contribution >= 4 is 11.6 Å². The van der Waals surface area contributed by atoms with Crippen LogP contribution in [-0.4, -0.2) is 16.7 Å². The second kappa shape index (κ2) is 7.32. The maximum atomic E-state index is 6.27. The summed E-state index contributed by atoms with van der Waals surface area (Å²) in [7, 11) is 0. The Bertz CT molecular complexity index is 871. The summed E-state index contributed by atoms with van der Waals surface area (Å²) >= 11 is 6.27. The van der Waals surface area contributed by atoms with Crippen LogP contribution in [0, 0.1) is 6.92 Å². The molecule has 4 nitrogen and oxygen atoms in total. The molecule has 3 rings (SSSR count). The molecule has 24 heavy (non-hydrogen) atoms. The Labute approximate surface area is 145 Å². The molecule has 0 saturated heterocycles. The largest absolute Gasteiger partial charge is 0.488 e. The van der Waals surface area contributed by atoms with E-state index in [0.29, 0.717) is 29.1 Å². The third kappa shape index (κ3) is 3.49. The molecule has 0 aliphatic rings. The minimum atomic E-state index is 0.481. The van der Waals surface area contributed by atoms with E-state index in [2.05, 4.69) is 10.1 Å². The first-order valence-corrected chi connectivity index (χ1v) is 8.00. The summed E-state index contributed by atoms with van der Waals surface area (Å²) in [5, 5.41) is 4.57. The number of ether oxygens (including phenoxy) is 1. The van der Waals surface area contributed by atoms with E-state index in [1.165, 1.54) is 0 Å². The Hall–Kier alpha value is -2.59. The number of benzene rings is 2. The number of nitrogens with zero attached hydrogens (tertiary/aromatic N) is 2. The molecule has 0 aliphatic heterocycles. The number of aryl methyl sites for hydroxylation is 1. The summed E-state index contributed by atoms with van der Waals surface area (Å²) in [5.41, 5.74) is 2.79. The zero-order chi connectivity index (χ0) is 16.9. The van der Waals surface area contributed by atoms with Crippen molar-refractivity contribution < 1.29 is 9.26 Å². The molecule has 0 unspecified atom stereocenters. The van der Waals surface area contributed by atoms with Gasteiger partial charge in [-0.3, -0.25) is 0 Å². The van der Waals surface area contributed by atoms with Crippen LogP contribution in [0.25, 0.3) is 22.8 Å². The number of aromatic nitrogens is 2. The van der Waals surface area contributed by atoms with E-state index in [9.17, 15) is 0 Å². The van der Waals surface area contributed by atoms with Gasteiger partial charge in [0.1, 0.15) is 12.4 Å². The highest BCUT2D eigenvalue weighted by molar-refractivity contribution is 6.32. The van der Waals surface area contributed by atoms with E-state index in [-0.39, 0.29) is 0 Å². The van der Waals surface area contributed by atoms with Crippen LogP contribution in [0.4, 0.5) is 0 Å². The van der Waals surface area contributed by atoms with E-state index in [0.717, 1.165) is 16.7 Å². The molecule has 0 spiro atoms. The molecule has 0 radical (unpaired) electrons. The third-order valence-electron chi connectivity index (χ3n) is 3.56. The zero-order valence-corrected chi connectivity index (χ0v) is 14.2. The average molecular weight is 341 g/mol. The SMILES string of the molecule is C/C=C/COc1ccc(-c2noc(-c3ccccc3C)n2)cc1Cl. The standard InChI is InChI=1S/C19H17ClN2O2/c1-3-4-11-23-17-10-9-14(12-16(17)20)18-21-19(24-22-18)15-8-6-5-7-13(15)2/h3-10,12H,11H2,1-2H3/b4-3+. The molecule has 0 fully saturated rings. The Balaban J connectivity index is 1.85. The van der Waals surface area contributed by atoms with Crippen LogP contribution < -0.4 is 4.74 Å². The zero-order valence-electron chi connectivity index (χ0n) is 13.5. The Morgan fingerprint density at radius 1 is 1.21 bits per heavy atom. The van der Waals surface area contributed by atoms with E-state index in [4.69, 9.17) is 20.9 Å². The highest BCUT2D eigenvalue weighted by Crippen LogP contribution is 2.30. The first-order chi connectivity index (χ1) is 11.7. The van der Waals surface area contributed by atoms with Crippen molar-refractivity contribution in [1.82, 2.24) is 10.1 Å². The molecule has 122 valence electrons. The van der Waals surface area contributed by atoms with Crippen molar-refractivity contribution in [2.75, 3.05) is 6.61 Å².